The fourth-order valence-electron chi connectivity index (χ4n) is 3.25. The van der Waals surface area contributed by atoms with Crippen molar-refractivity contribution in [3.63, 3.8) is 0 Å². The summed E-state index contributed by atoms with van der Waals surface area (Å²) in [5, 5.41) is 3.61. The molecular weight excluding hydrogens is 364 g/mol. The predicted molar refractivity (Wildman–Crippen MR) is 104 cm³/mol. The summed E-state index contributed by atoms with van der Waals surface area (Å²) >= 11 is 5.98. The highest BCUT2D eigenvalue weighted by Crippen LogP contribution is 2.22. The van der Waals surface area contributed by atoms with Crippen molar-refractivity contribution in [1.82, 2.24) is 10.2 Å². The molecule has 2 amide bonds. The van der Waals surface area contributed by atoms with Gasteiger partial charge in [0.2, 0.25) is 11.8 Å². The van der Waals surface area contributed by atoms with Crippen molar-refractivity contribution in [2.24, 2.45) is 5.92 Å². The van der Waals surface area contributed by atoms with Gasteiger partial charge in [-0.2, -0.15) is 0 Å². The molecule has 6 heteroatoms. The van der Waals surface area contributed by atoms with Crippen LogP contribution in [0.4, 0.5) is 0 Å². The van der Waals surface area contributed by atoms with E-state index in [-0.39, 0.29) is 17.7 Å². The van der Waals surface area contributed by atoms with Crippen LogP contribution in [0.1, 0.15) is 24.0 Å². The Labute approximate surface area is 164 Å². The summed E-state index contributed by atoms with van der Waals surface area (Å²) in [5.74, 6) is 0.607. The van der Waals surface area contributed by atoms with Crippen molar-refractivity contribution >= 4 is 23.4 Å². The first-order chi connectivity index (χ1) is 13.0. The van der Waals surface area contributed by atoms with Gasteiger partial charge in [-0.25, -0.2) is 0 Å². The number of amides is 2. The van der Waals surface area contributed by atoms with Gasteiger partial charge < -0.3 is 15.0 Å². The quantitative estimate of drug-likeness (QED) is 0.827. The molecule has 0 bridgehead atoms. The lowest BCUT2D eigenvalue weighted by Gasteiger charge is -2.32. The largest absolute Gasteiger partial charge is 0.497 e. The number of carbonyl (C=O) groups excluding carboxylic acids is 2. The molecule has 2 aromatic rings. The second-order valence-corrected chi connectivity index (χ2v) is 7.15. The Morgan fingerprint density at radius 1 is 1.22 bits per heavy atom. The standard InChI is InChI=1S/C21H23ClN2O3/c1-27-19-7-3-5-16(11-19)13-24-14-17(8-9-20(24)25)21(26)23-12-15-4-2-6-18(22)10-15/h2-7,10-11,17H,8-9,12-14H2,1H3,(H,23,26)/t17-/m1/s1. The van der Waals surface area contributed by atoms with Gasteiger partial charge in [0.1, 0.15) is 5.75 Å². The average Bonchev–Trinajstić information content (AvgIpc) is 2.68. The van der Waals surface area contributed by atoms with Gasteiger partial charge in [-0.05, 0) is 41.8 Å². The minimum atomic E-state index is -0.201. The van der Waals surface area contributed by atoms with Gasteiger partial charge >= 0.3 is 0 Å². The first kappa shape index (κ1) is 19.2. The number of methoxy groups -OCH3 is 1. The highest BCUT2D eigenvalue weighted by molar-refractivity contribution is 6.30. The van der Waals surface area contributed by atoms with Crippen LogP contribution in [0.2, 0.25) is 5.02 Å². The first-order valence-electron chi connectivity index (χ1n) is 8.98. The number of likely N-dealkylation sites (tertiary alicyclic amines) is 1. The van der Waals surface area contributed by atoms with Crippen LogP contribution in [-0.2, 0) is 22.7 Å². The summed E-state index contributed by atoms with van der Waals surface area (Å²) in [7, 11) is 1.62. The molecule has 2 aromatic carbocycles. The van der Waals surface area contributed by atoms with E-state index in [0.717, 1.165) is 16.9 Å². The van der Waals surface area contributed by atoms with E-state index >= 15 is 0 Å². The maximum Gasteiger partial charge on any atom is 0.225 e. The first-order valence-corrected chi connectivity index (χ1v) is 9.36. The van der Waals surface area contributed by atoms with Gasteiger partial charge in [-0.3, -0.25) is 9.59 Å². The number of benzene rings is 2. The molecule has 1 aliphatic rings. The summed E-state index contributed by atoms with van der Waals surface area (Å²) < 4.78 is 5.24. The third-order valence-electron chi connectivity index (χ3n) is 4.73. The Kier molecular flexibility index (Phi) is 6.35. The fraction of sp³-hybridized carbons (Fsp3) is 0.333. The van der Waals surface area contributed by atoms with E-state index in [1.165, 1.54) is 0 Å². The van der Waals surface area contributed by atoms with Gasteiger partial charge in [-0.15, -0.1) is 0 Å². The third-order valence-corrected chi connectivity index (χ3v) is 4.97. The molecule has 3 rings (SSSR count). The van der Waals surface area contributed by atoms with Gasteiger partial charge in [0.05, 0.1) is 13.0 Å². The molecule has 0 radical (unpaired) electrons. The van der Waals surface area contributed by atoms with E-state index in [4.69, 9.17) is 16.3 Å². The number of carbonyl (C=O) groups is 2. The van der Waals surface area contributed by atoms with Crippen LogP contribution >= 0.6 is 11.6 Å². The lowest BCUT2D eigenvalue weighted by atomic mass is 9.96. The van der Waals surface area contributed by atoms with E-state index in [9.17, 15) is 9.59 Å². The number of ether oxygens (including phenoxy) is 1. The second kappa shape index (κ2) is 8.91. The zero-order valence-electron chi connectivity index (χ0n) is 15.3. The molecule has 0 spiro atoms. The molecule has 5 nitrogen and oxygen atoms in total. The van der Waals surface area contributed by atoms with E-state index in [0.29, 0.717) is 37.5 Å². The number of nitrogens with zero attached hydrogens (tertiary/aromatic N) is 1. The Hall–Kier alpha value is -2.53. The molecule has 1 atom stereocenters. The van der Waals surface area contributed by atoms with Crippen molar-refractivity contribution in [3.8, 4) is 5.75 Å². The van der Waals surface area contributed by atoms with Gasteiger partial charge in [0.25, 0.3) is 0 Å². The van der Waals surface area contributed by atoms with Crippen LogP contribution in [0.3, 0.4) is 0 Å². The van der Waals surface area contributed by atoms with E-state index < -0.39 is 0 Å². The van der Waals surface area contributed by atoms with Crippen LogP contribution in [0.25, 0.3) is 0 Å². The van der Waals surface area contributed by atoms with Gasteiger partial charge in [-0.1, -0.05) is 35.9 Å². The van der Waals surface area contributed by atoms with Crippen LogP contribution in [0.15, 0.2) is 48.5 Å². The number of hydrogen-bond donors (Lipinski definition) is 1. The monoisotopic (exact) mass is 386 g/mol. The van der Waals surface area contributed by atoms with Crippen LogP contribution in [-0.4, -0.2) is 30.4 Å². The maximum absolute atomic E-state index is 12.6. The highest BCUT2D eigenvalue weighted by Gasteiger charge is 2.30. The van der Waals surface area contributed by atoms with E-state index in [2.05, 4.69) is 5.32 Å². The van der Waals surface area contributed by atoms with E-state index in [1.54, 1.807) is 18.1 Å². The van der Waals surface area contributed by atoms with Crippen molar-refractivity contribution in [2.75, 3.05) is 13.7 Å². The normalized spacial score (nSPS) is 16.9. The molecule has 142 valence electrons. The SMILES string of the molecule is COc1cccc(CN2C[C@H](C(=O)NCc3cccc(Cl)c3)CCC2=O)c1. The van der Waals surface area contributed by atoms with Crippen molar-refractivity contribution in [1.29, 1.82) is 0 Å². The Bertz CT molecular complexity index is 825. The lowest BCUT2D eigenvalue weighted by molar-refractivity contribution is -0.139. The number of rotatable bonds is 6. The molecule has 1 aliphatic heterocycles. The zero-order valence-corrected chi connectivity index (χ0v) is 16.0. The molecule has 1 fully saturated rings. The summed E-state index contributed by atoms with van der Waals surface area (Å²) in [6, 6.07) is 15.1. The molecule has 1 N–H and O–H groups in total. The minimum absolute atomic E-state index is 0.0295. The summed E-state index contributed by atoms with van der Waals surface area (Å²) in [5.41, 5.74) is 1.94. The number of hydrogen-bond acceptors (Lipinski definition) is 3. The highest BCUT2D eigenvalue weighted by atomic mass is 35.5. The Morgan fingerprint density at radius 2 is 2.00 bits per heavy atom. The lowest BCUT2D eigenvalue weighted by Crippen LogP contribution is -2.45. The molecule has 0 saturated carbocycles. The van der Waals surface area contributed by atoms with Crippen LogP contribution in [0.5, 0.6) is 5.75 Å². The second-order valence-electron chi connectivity index (χ2n) is 6.71. The number of nitrogens with one attached hydrogen (secondary N) is 1. The van der Waals surface area contributed by atoms with Gasteiger partial charge in [0, 0.05) is 31.1 Å². The average molecular weight is 387 g/mol. The van der Waals surface area contributed by atoms with Crippen molar-refractivity contribution in [2.45, 2.75) is 25.9 Å². The molecule has 27 heavy (non-hydrogen) atoms. The third kappa shape index (κ3) is 5.23. The van der Waals surface area contributed by atoms with Gasteiger partial charge in [0.15, 0.2) is 0 Å². The van der Waals surface area contributed by atoms with E-state index in [1.807, 2.05) is 42.5 Å². The Balaban J connectivity index is 1.58. The van der Waals surface area contributed by atoms with Crippen molar-refractivity contribution in [3.05, 3.63) is 64.7 Å². The topological polar surface area (TPSA) is 58.6 Å². The fourth-order valence-corrected chi connectivity index (χ4v) is 3.47. The number of piperidine rings is 1. The van der Waals surface area contributed by atoms with Crippen LogP contribution < -0.4 is 10.1 Å². The molecule has 0 unspecified atom stereocenters. The molecule has 1 heterocycles. The van der Waals surface area contributed by atoms with Crippen molar-refractivity contribution < 1.29 is 14.3 Å². The van der Waals surface area contributed by atoms with Crippen LogP contribution in [0, 0.1) is 5.92 Å². The number of halogens is 1. The molecule has 1 saturated heterocycles. The summed E-state index contributed by atoms with van der Waals surface area (Å²) in [6.45, 7) is 1.34. The summed E-state index contributed by atoms with van der Waals surface area (Å²) in [4.78, 5) is 26.6. The molecular formula is C21H23ClN2O3. The maximum atomic E-state index is 12.6. The molecule has 0 aliphatic carbocycles. The zero-order chi connectivity index (χ0) is 19.2. The smallest absolute Gasteiger partial charge is 0.225 e. The summed E-state index contributed by atoms with van der Waals surface area (Å²) in [6.07, 6.45) is 0.966. The molecule has 0 aromatic heterocycles. The predicted octanol–water partition coefficient (Wildman–Crippen LogP) is 3.40. The Morgan fingerprint density at radius 3 is 2.78 bits per heavy atom. The minimum Gasteiger partial charge on any atom is -0.497 e.